The van der Waals surface area contributed by atoms with Crippen molar-refractivity contribution in [3.05, 3.63) is 24.0 Å². The lowest BCUT2D eigenvalue weighted by atomic mass is 10.2. The summed E-state index contributed by atoms with van der Waals surface area (Å²) in [5.41, 5.74) is 1.22. The number of nitrogens with zero attached hydrogens (tertiary/aromatic N) is 1. The number of aromatic amines is 1. The Labute approximate surface area is 85.7 Å². The molecule has 0 aliphatic heterocycles. The molecule has 2 rings (SSSR count). The summed E-state index contributed by atoms with van der Waals surface area (Å²) in [5, 5.41) is 9.47. The van der Waals surface area contributed by atoms with Gasteiger partial charge in [-0.25, -0.2) is 9.78 Å². The summed E-state index contributed by atoms with van der Waals surface area (Å²) in [4.78, 5) is 18.2. The van der Waals surface area contributed by atoms with E-state index in [2.05, 4.69) is 9.97 Å². The molecule has 2 N–H and O–H groups in total. The van der Waals surface area contributed by atoms with Gasteiger partial charge in [-0.15, -0.1) is 0 Å². The number of hydrogen-bond acceptors (Lipinski definition) is 4. The van der Waals surface area contributed by atoms with Crippen LogP contribution in [0.5, 0.6) is 5.75 Å². The van der Waals surface area contributed by atoms with Crippen LogP contribution in [0.2, 0.25) is 0 Å². The van der Waals surface area contributed by atoms with Crippen molar-refractivity contribution in [1.29, 1.82) is 0 Å². The summed E-state index contributed by atoms with van der Waals surface area (Å²) in [7, 11) is 0. The predicted octanol–water partition coefficient (Wildman–Crippen LogP) is 1.45. The van der Waals surface area contributed by atoms with Crippen molar-refractivity contribution in [2.45, 2.75) is 6.92 Å². The molecule has 0 saturated heterocycles. The van der Waals surface area contributed by atoms with Gasteiger partial charge in [0.15, 0.2) is 0 Å². The zero-order valence-corrected chi connectivity index (χ0v) is 8.15. The van der Waals surface area contributed by atoms with Crippen LogP contribution in [0, 0.1) is 0 Å². The fourth-order valence-corrected chi connectivity index (χ4v) is 1.39. The highest BCUT2D eigenvalue weighted by molar-refractivity contribution is 6.03. The number of phenolic OH excluding ortho intramolecular Hbond substituents is 1. The Kier molecular flexibility index (Phi) is 2.29. The van der Waals surface area contributed by atoms with Gasteiger partial charge in [0.2, 0.25) is 0 Å². The minimum Gasteiger partial charge on any atom is -0.506 e. The van der Waals surface area contributed by atoms with Gasteiger partial charge in [-0.05, 0) is 19.1 Å². The number of carbonyl (C=O) groups excluding carboxylic acids is 1. The van der Waals surface area contributed by atoms with Crippen LogP contribution < -0.4 is 0 Å². The third-order valence-corrected chi connectivity index (χ3v) is 2.05. The zero-order chi connectivity index (χ0) is 10.8. The molecule has 0 atom stereocenters. The van der Waals surface area contributed by atoms with Gasteiger partial charge in [-0.3, -0.25) is 0 Å². The largest absolute Gasteiger partial charge is 0.506 e. The molecular formula is C10H10N2O3. The number of ether oxygens (including phenoxy) is 1. The Balaban J connectivity index is 2.57. The highest BCUT2D eigenvalue weighted by Gasteiger charge is 2.14. The number of hydrogen-bond donors (Lipinski definition) is 2. The average Bonchev–Trinajstić information content (AvgIpc) is 2.68. The highest BCUT2D eigenvalue weighted by atomic mass is 16.5. The number of aromatic nitrogens is 2. The molecule has 0 radical (unpaired) electrons. The Morgan fingerprint density at radius 2 is 2.40 bits per heavy atom. The highest BCUT2D eigenvalue weighted by Crippen LogP contribution is 2.24. The van der Waals surface area contributed by atoms with E-state index >= 15 is 0 Å². The van der Waals surface area contributed by atoms with Crippen LogP contribution in [-0.2, 0) is 4.74 Å². The number of H-pyrrole nitrogens is 1. The Morgan fingerprint density at radius 1 is 1.60 bits per heavy atom. The van der Waals surface area contributed by atoms with E-state index in [0.29, 0.717) is 23.2 Å². The maximum atomic E-state index is 11.5. The maximum absolute atomic E-state index is 11.5. The van der Waals surface area contributed by atoms with Crippen molar-refractivity contribution in [2.24, 2.45) is 0 Å². The van der Waals surface area contributed by atoms with Crippen LogP contribution in [0.4, 0.5) is 0 Å². The summed E-state index contributed by atoms with van der Waals surface area (Å²) in [6.07, 6.45) is 1.42. The van der Waals surface area contributed by atoms with E-state index in [9.17, 15) is 9.90 Å². The Hall–Kier alpha value is -2.04. The van der Waals surface area contributed by atoms with Gasteiger partial charge >= 0.3 is 5.97 Å². The number of fused-ring (bicyclic) bond motifs is 1. The second-order valence-electron chi connectivity index (χ2n) is 2.98. The van der Waals surface area contributed by atoms with Crippen molar-refractivity contribution in [1.82, 2.24) is 9.97 Å². The number of carbonyl (C=O) groups is 1. The average molecular weight is 206 g/mol. The first-order valence-corrected chi connectivity index (χ1v) is 4.56. The third-order valence-electron chi connectivity index (χ3n) is 2.05. The molecule has 0 saturated carbocycles. The fraction of sp³-hybridized carbons (Fsp3) is 0.200. The van der Waals surface area contributed by atoms with Gasteiger partial charge in [-0.1, -0.05) is 0 Å². The van der Waals surface area contributed by atoms with Crippen LogP contribution in [0.25, 0.3) is 11.0 Å². The van der Waals surface area contributed by atoms with Crippen LogP contribution in [0.3, 0.4) is 0 Å². The summed E-state index contributed by atoms with van der Waals surface area (Å²) in [5.74, 6) is -0.370. The van der Waals surface area contributed by atoms with E-state index in [-0.39, 0.29) is 5.75 Å². The van der Waals surface area contributed by atoms with Crippen LogP contribution in [-0.4, -0.2) is 27.7 Å². The molecule has 78 valence electrons. The number of nitrogens with one attached hydrogen (secondary N) is 1. The quantitative estimate of drug-likeness (QED) is 0.729. The molecular weight excluding hydrogens is 196 g/mol. The SMILES string of the molecule is CCOC(=O)c1ccc(O)c2[nH]cnc12. The number of esters is 1. The van der Waals surface area contributed by atoms with Gasteiger partial charge in [0.1, 0.15) is 16.8 Å². The standard InChI is InChI=1S/C10H10N2O3/c1-2-15-10(14)6-3-4-7(13)9-8(6)11-5-12-9/h3-5,13H,2H2,1H3,(H,11,12). The molecule has 1 aromatic heterocycles. The Bertz CT molecular complexity index is 504. The van der Waals surface area contributed by atoms with E-state index in [1.54, 1.807) is 6.92 Å². The summed E-state index contributed by atoms with van der Waals surface area (Å²) in [6, 6.07) is 2.93. The number of phenols is 1. The minimum absolute atomic E-state index is 0.0653. The van der Waals surface area contributed by atoms with Crippen LogP contribution in [0.15, 0.2) is 18.5 Å². The van der Waals surface area contributed by atoms with E-state index in [1.807, 2.05) is 0 Å². The molecule has 5 heteroatoms. The van der Waals surface area contributed by atoms with E-state index in [1.165, 1.54) is 18.5 Å². The van der Waals surface area contributed by atoms with Crippen molar-refractivity contribution in [3.8, 4) is 5.75 Å². The third kappa shape index (κ3) is 1.52. The normalized spacial score (nSPS) is 10.5. The van der Waals surface area contributed by atoms with Crippen LogP contribution >= 0.6 is 0 Å². The van der Waals surface area contributed by atoms with E-state index in [4.69, 9.17) is 4.74 Å². The second kappa shape index (κ2) is 3.61. The molecule has 0 unspecified atom stereocenters. The van der Waals surface area contributed by atoms with Crippen molar-refractivity contribution < 1.29 is 14.6 Å². The fourth-order valence-electron chi connectivity index (χ4n) is 1.39. The number of imidazole rings is 1. The molecule has 5 nitrogen and oxygen atoms in total. The monoisotopic (exact) mass is 206 g/mol. The molecule has 0 aliphatic rings. The molecule has 1 aromatic carbocycles. The zero-order valence-electron chi connectivity index (χ0n) is 8.15. The van der Waals surface area contributed by atoms with Gasteiger partial charge in [0.25, 0.3) is 0 Å². The number of benzene rings is 1. The van der Waals surface area contributed by atoms with E-state index < -0.39 is 5.97 Å². The van der Waals surface area contributed by atoms with E-state index in [0.717, 1.165) is 0 Å². The van der Waals surface area contributed by atoms with Gasteiger partial charge in [0.05, 0.1) is 18.5 Å². The number of rotatable bonds is 2. The van der Waals surface area contributed by atoms with Crippen molar-refractivity contribution in [3.63, 3.8) is 0 Å². The lowest BCUT2D eigenvalue weighted by molar-refractivity contribution is 0.0528. The smallest absolute Gasteiger partial charge is 0.340 e. The molecule has 0 bridgehead atoms. The second-order valence-corrected chi connectivity index (χ2v) is 2.98. The molecule has 1 heterocycles. The predicted molar refractivity (Wildman–Crippen MR) is 53.7 cm³/mol. The van der Waals surface area contributed by atoms with Crippen molar-refractivity contribution >= 4 is 17.0 Å². The van der Waals surface area contributed by atoms with Gasteiger partial charge in [0, 0.05) is 0 Å². The Morgan fingerprint density at radius 3 is 3.13 bits per heavy atom. The lowest BCUT2D eigenvalue weighted by Gasteiger charge is -2.02. The molecule has 0 fully saturated rings. The maximum Gasteiger partial charge on any atom is 0.340 e. The summed E-state index contributed by atoms with van der Waals surface area (Å²) >= 11 is 0. The van der Waals surface area contributed by atoms with Crippen molar-refractivity contribution in [2.75, 3.05) is 6.61 Å². The van der Waals surface area contributed by atoms with Gasteiger partial charge in [-0.2, -0.15) is 0 Å². The number of aromatic hydroxyl groups is 1. The molecule has 2 aromatic rings. The summed E-state index contributed by atoms with van der Waals surface area (Å²) in [6.45, 7) is 2.05. The minimum atomic E-state index is -0.436. The molecule has 15 heavy (non-hydrogen) atoms. The first-order valence-electron chi connectivity index (χ1n) is 4.56. The molecule has 0 aliphatic carbocycles. The molecule has 0 spiro atoms. The topological polar surface area (TPSA) is 75.2 Å². The first-order chi connectivity index (χ1) is 7.24. The lowest BCUT2D eigenvalue weighted by Crippen LogP contribution is -2.05. The molecule has 0 amide bonds. The summed E-state index contributed by atoms with van der Waals surface area (Å²) < 4.78 is 4.87. The van der Waals surface area contributed by atoms with Crippen LogP contribution in [0.1, 0.15) is 17.3 Å². The first kappa shape index (κ1) is 9.51. The van der Waals surface area contributed by atoms with Gasteiger partial charge < -0.3 is 14.8 Å².